The largest absolute Gasteiger partial charge is 0.369 e. The summed E-state index contributed by atoms with van der Waals surface area (Å²) in [6.45, 7) is 9.19. The highest BCUT2D eigenvalue weighted by Gasteiger charge is 2.26. The molecule has 0 aromatic heterocycles. The average Bonchev–Trinajstić information content (AvgIpc) is 2.70. The van der Waals surface area contributed by atoms with Crippen LogP contribution in [0.4, 0.5) is 5.69 Å². The smallest absolute Gasteiger partial charge is 0.0403 e. The summed E-state index contributed by atoms with van der Waals surface area (Å²) in [6, 6.07) is 16.5. The fourth-order valence-corrected chi connectivity index (χ4v) is 4.72. The average molecular weight is 364 g/mol. The summed E-state index contributed by atoms with van der Waals surface area (Å²) < 4.78 is 0. The van der Waals surface area contributed by atoms with Gasteiger partial charge in [-0.3, -0.25) is 0 Å². The Balaban J connectivity index is 1.53. The lowest BCUT2D eigenvalue weighted by Crippen LogP contribution is -2.45. The van der Waals surface area contributed by atoms with Gasteiger partial charge in [-0.25, -0.2) is 0 Å². The maximum Gasteiger partial charge on any atom is 0.0403 e. The van der Waals surface area contributed by atoms with E-state index < -0.39 is 0 Å². The topological polar surface area (TPSA) is 18.5 Å². The second-order valence-electron chi connectivity index (χ2n) is 8.39. The monoisotopic (exact) mass is 363 g/mol. The van der Waals surface area contributed by atoms with Gasteiger partial charge in [0.05, 0.1) is 0 Å². The molecule has 2 atom stereocenters. The number of benzene rings is 2. The lowest BCUT2D eigenvalue weighted by atomic mass is 9.83. The molecule has 0 amide bonds. The third kappa shape index (κ3) is 4.04. The van der Waals surface area contributed by atoms with Gasteiger partial charge in [0.1, 0.15) is 0 Å². The minimum atomic E-state index is 0.398. The van der Waals surface area contributed by atoms with Crippen molar-refractivity contribution >= 4 is 5.69 Å². The molecule has 1 heterocycles. The normalized spacial score (nSPS) is 21.7. The Labute approximate surface area is 164 Å². The Kier molecular flexibility index (Phi) is 5.51. The molecule has 3 nitrogen and oxygen atoms in total. The van der Waals surface area contributed by atoms with Gasteiger partial charge in [0.15, 0.2) is 0 Å². The first kappa shape index (κ1) is 18.5. The molecule has 2 aromatic carbocycles. The third-order valence-corrected chi connectivity index (χ3v) is 6.46. The van der Waals surface area contributed by atoms with Gasteiger partial charge in [-0.15, -0.1) is 0 Å². The second kappa shape index (κ2) is 8.04. The van der Waals surface area contributed by atoms with Crippen molar-refractivity contribution in [3.63, 3.8) is 0 Å². The Morgan fingerprint density at radius 3 is 2.44 bits per heavy atom. The summed E-state index contributed by atoms with van der Waals surface area (Å²) in [6.07, 6.45) is 3.58. The van der Waals surface area contributed by atoms with Crippen molar-refractivity contribution in [2.24, 2.45) is 0 Å². The zero-order valence-electron chi connectivity index (χ0n) is 17.0. The van der Waals surface area contributed by atoms with E-state index in [0.29, 0.717) is 12.1 Å². The van der Waals surface area contributed by atoms with E-state index in [1.165, 1.54) is 29.7 Å². The summed E-state index contributed by atoms with van der Waals surface area (Å²) in [5, 5.41) is 3.91. The standard InChI is InChI=1S/C24H33N3/c1-18-9-12-24(27-15-13-26(3)14-16-27)23-17-21(10-11-22(18)23)25-19(2)20-7-5-4-6-8-20/h4-9,12,19,21,25H,10-11,13-17H2,1-3H3/t19-,21+/m0/s1. The quantitative estimate of drug-likeness (QED) is 0.887. The third-order valence-electron chi connectivity index (χ3n) is 6.46. The van der Waals surface area contributed by atoms with Crippen molar-refractivity contribution in [2.75, 3.05) is 38.1 Å². The number of nitrogens with zero attached hydrogens (tertiary/aromatic N) is 2. The van der Waals surface area contributed by atoms with E-state index in [1.807, 2.05) is 0 Å². The van der Waals surface area contributed by atoms with Crippen LogP contribution >= 0.6 is 0 Å². The van der Waals surface area contributed by atoms with Gasteiger partial charge in [-0.05, 0) is 68.5 Å². The first-order chi connectivity index (χ1) is 13.1. The van der Waals surface area contributed by atoms with Gasteiger partial charge in [0.25, 0.3) is 0 Å². The number of anilines is 1. The zero-order valence-corrected chi connectivity index (χ0v) is 17.0. The number of fused-ring (bicyclic) bond motifs is 1. The molecule has 2 aliphatic rings. The van der Waals surface area contributed by atoms with Crippen LogP contribution in [0.3, 0.4) is 0 Å². The van der Waals surface area contributed by atoms with Crippen LogP contribution < -0.4 is 10.2 Å². The van der Waals surface area contributed by atoms with Crippen LogP contribution in [0.1, 0.15) is 41.6 Å². The molecule has 0 saturated carbocycles. The molecule has 27 heavy (non-hydrogen) atoms. The highest BCUT2D eigenvalue weighted by molar-refractivity contribution is 5.60. The molecule has 0 spiro atoms. The molecule has 1 saturated heterocycles. The minimum Gasteiger partial charge on any atom is -0.369 e. The molecule has 0 radical (unpaired) electrons. The molecule has 1 fully saturated rings. The van der Waals surface area contributed by atoms with E-state index >= 15 is 0 Å². The number of nitrogens with one attached hydrogen (secondary N) is 1. The maximum absolute atomic E-state index is 3.91. The molecule has 1 aliphatic heterocycles. The second-order valence-corrected chi connectivity index (χ2v) is 8.39. The summed E-state index contributed by atoms with van der Waals surface area (Å²) in [5.74, 6) is 0. The van der Waals surface area contributed by atoms with Crippen molar-refractivity contribution in [3.8, 4) is 0 Å². The Bertz CT molecular complexity index is 763. The van der Waals surface area contributed by atoms with E-state index in [2.05, 4.69) is 78.5 Å². The van der Waals surface area contributed by atoms with Crippen LogP contribution in [-0.2, 0) is 12.8 Å². The lowest BCUT2D eigenvalue weighted by molar-refractivity contribution is 0.312. The van der Waals surface area contributed by atoms with Crippen molar-refractivity contribution in [1.82, 2.24) is 10.2 Å². The van der Waals surface area contributed by atoms with Crippen molar-refractivity contribution in [3.05, 3.63) is 64.7 Å². The van der Waals surface area contributed by atoms with Gasteiger partial charge >= 0.3 is 0 Å². The number of aryl methyl sites for hydroxylation is 1. The van der Waals surface area contributed by atoms with Crippen LogP contribution in [-0.4, -0.2) is 44.2 Å². The van der Waals surface area contributed by atoms with Crippen LogP contribution in [0.2, 0.25) is 0 Å². The highest BCUT2D eigenvalue weighted by atomic mass is 15.2. The van der Waals surface area contributed by atoms with Gasteiger partial charge in [0.2, 0.25) is 0 Å². The minimum absolute atomic E-state index is 0.398. The SMILES string of the molecule is Cc1ccc(N2CCN(C)CC2)c2c1CC[C@@H](N[C@@H](C)c1ccccc1)C2. The molecule has 1 N–H and O–H groups in total. The van der Waals surface area contributed by atoms with Gasteiger partial charge < -0.3 is 15.1 Å². The molecule has 1 aliphatic carbocycles. The molecule has 144 valence electrons. The van der Waals surface area contributed by atoms with Crippen LogP contribution in [0, 0.1) is 6.92 Å². The van der Waals surface area contributed by atoms with Crippen LogP contribution in [0.25, 0.3) is 0 Å². The fraction of sp³-hybridized carbons (Fsp3) is 0.500. The number of piperazine rings is 1. The predicted octanol–water partition coefficient (Wildman–Crippen LogP) is 3.95. The molecular formula is C24H33N3. The van der Waals surface area contributed by atoms with Crippen LogP contribution in [0.15, 0.2) is 42.5 Å². The summed E-state index contributed by atoms with van der Waals surface area (Å²) in [4.78, 5) is 5.05. The fourth-order valence-electron chi connectivity index (χ4n) is 4.72. The van der Waals surface area contributed by atoms with Crippen molar-refractivity contribution in [2.45, 2.75) is 45.2 Å². The summed E-state index contributed by atoms with van der Waals surface area (Å²) in [7, 11) is 2.23. The van der Waals surface area contributed by atoms with E-state index in [9.17, 15) is 0 Å². The van der Waals surface area contributed by atoms with Gasteiger partial charge in [0, 0.05) is 44.0 Å². The van der Waals surface area contributed by atoms with Crippen molar-refractivity contribution in [1.29, 1.82) is 0 Å². The molecule has 4 rings (SSSR count). The molecular weight excluding hydrogens is 330 g/mol. The molecule has 0 bridgehead atoms. The number of hydrogen-bond acceptors (Lipinski definition) is 3. The van der Waals surface area contributed by atoms with E-state index in [-0.39, 0.29) is 0 Å². The van der Waals surface area contributed by atoms with E-state index in [1.54, 1.807) is 11.1 Å². The zero-order chi connectivity index (χ0) is 18.8. The first-order valence-electron chi connectivity index (χ1n) is 10.5. The Morgan fingerprint density at radius 2 is 1.70 bits per heavy atom. The molecule has 2 aromatic rings. The number of hydrogen-bond donors (Lipinski definition) is 1. The summed E-state index contributed by atoms with van der Waals surface area (Å²) >= 11 is 0. The van der Waals surface area contributed by atoms with Gasteiger partial charge in [-0.2, -0.15) is 0 Å². The molecule has 0 unspecified atom stereocenters. The highest BCUT2D eigenvalue weighted by Crippen LogP contribution is 2.34. The first-order valence-corrected chi connectivity index (χ1v) is 10.5. The maximum atomic E-state index is 3.91. The lowest BCUT2D eigenvalue weighted by Gasteiger charge is -2.38. The predicted molar refractivity (Wildman–Crippen MR) is 115 cm³/mol. The molecule has 3 heteroatoms. The van der Waals surface area contributed by atoms with Gasteiger partial charge in [-0.1, -0.05) is 36.4 Å². The van der Waals surface area contributed by atoms with Crippen LogP contribution in [0.5, 0.6) is 0 Å². The number of rotatable bonds is 4. The van der Waals surface area contributed by atoms with E-state index in [4.69, 9.17) is 0 Å². The number of likely N-dealkylation sites (N-methyl/N-ethyl adjacent to an activating group) is 1. The Hall–Kier alpha value is -1.84. The Morgan fingerprint density at radius 1 is 0.963 bits per heavy atom. The van der Waals surface area contributed by atoms with E-state index in [0.717, 1.165) is 32.6 Å². The summed E-state index contributed by atoms with van der Waals surface area (Å²) in [5.41, 5.74) is 7.55. The van der Waals surface area contributed by atoms with Crippen molar-refractivity contribution < 1.29 is 0 Å².